The fraction of sp³-hybridized carbons (Fsp3) is 0.400. The first-order valence-electron chi connectivity index (χ1n) is 5.95. The van der Waals surface area contributed by atoms with Gasteiger partial charge in [0.15, 0.2) is 0 Å². The fourth-order valence-corrected chi connectivity index (χ4v) is 2.26. The van der Waals surface area contributed by atoms with Crippen molar-refractivity contribution in [1.29, 1.82) is 0 Å². The third kappa shape index (κ3) is 2.41. The number of aryl methyl sites for hydroxylation is 1. The van der Waals surface area contributed by atoms with Crippen LogP contribution in [0.1, 0.15) is 43.9 Å². The molecule has 2 nitrogen and oxygen atoms in total. The molecule has 1 aliphatic rings. The largest absolute Gasteiger partial charge is 0.478 e. The highest BCUT2D eigenvalue weighted by Gasteiger charge is 2.21. The number of rotatable bonds is 1. The lowest BCUT2D eigenvalue weighted by atomic mass is 9.85. The maximum Gasteiger partial charge on any atom is 0.328 e. The predicted octanol–water partition coefficient (Wildman–Crippen LogP) is 3.40. The van der Waals surface area contributed by atoms with Crippen LogP contribution in [0.25, 0.3) is 5.57 Å². The molecule has 1 N–H and O–H groups in total. The van der Waals surface area contributed by atoms with Crippen LogP contribution in [0.2, 0.25) is 0 Å². The van der Waals surface area contributed by atoms with Crippen LogP contribution in [0, 0.1) is 0 Å². The van der Waals surface area contributed by atoms with Crippen LogP contribution in [-0.2, 0) is 16.6 Å². The number of carboxylic acid groups (broad SMARTS) is 1. The number of allylic oxidation sites excluding steroid dienone is 1. The molecule has 0 saturated carbocycles. The van der Waals surface area contributed by atoms with Gasteiger partial charge in [-0.15, -0.1) is 0 Å². The first-order valence-corrected chi connectivity index (χ1v) is 5.95. The zero-order valence-electron chi connectivity index (χ0n) is 10.6. The molecule has 0 fully saturated rings. The summed E-state index contributed by atoms with van der Waals surface area (Å²) in [5.74, 6) is -0.853. The van der Waals surface area contributed by atoms with Crippen LogP contribution in [0.3, 0.4) is 0 Å². The lowest BCUT2D eigenvalue weighted by molar-refractivity contribution is -0.131. The predicted molar refractivity (Wildman–Crippen MR) is 69.1 cm³/mol. The van der Waals surface area contributed by atoms with Gasteiger partial charge < -0.3 is 5.11 Å². The van der Waals surface area contributed by atoms with E-state index in [4.69, 9.17) is 5.11 Å². The maximum atomic E-state index is 10.8. The zero-order chi connectivity index (χ0) is 12.6. The smallest absolute Gasteiger partial charge is 0.328 e. The molecule has 0 bridgehead atoms. The second-order valence-corrected chi connectivity index (χ2v) is 5.63. The molecule has 0 saturated heterocycles. The van der Waals surface area contributed by atoms with Crippen LogP contribution < -0.4 is 0 Å². The third-order valence-corrected chi connectivity index (χ3v) is 3.28. The highest BCUT2D eigenvalue weighted by Crippen LogP contribution is 2.35. The van der Waals surface area contributed by atoms with E-state index in [1.807, 2.05) is 0 Å². The number of carboxylic acids is 1. The van der Waals surface area contributed by atoms with E-state index < -0.39 is 5.97 Å². The van der Waals surface area contributed by atoms with Crippen LogP contribution in [-0.4, -0.2) is 11.1 Å². The average molecular weight is 230 g/mol. The van der Waals surface area contributed by atoms with Crippen molar-refractivity contribution in [3.05, 3.63) is 41.0 Å². The van der Waals surface area contributed by atoms with Gasteiger partial charge in [0.05, 0.1) is 0 Å². The van der Waals surface area contributed by atoms with Crippen molar-refractivity contribution in [2.45, 2.75) is 39.0 Å². The van der Waals surface area contributed by atoms with Gasteiger partial charge in [0.25, 0.3) is 0 Å². The van der Waals surface area contributed by atoms with Crippen molar-refractivity contribution in [1.82, 2.24) is 0 Å². The Bertz CT molecular complexity index is 490. The first kappa shape index (κ1) is 11.9. The van der Waals surface area contributed by atoms with E-state index in [-0.39, 0.29) is 5.41 Å². The molecule has 2 heteroatoms. The number of hydrogen-bond donors (Lipinski definition) is 1. The van der Waals surface area contributed by atoms with E-state index in [2.05, 4.69) is 39.0 Å². The molecular formula is C15H18O2. The lowest BCUT2D eigenvalue weighted by Gasteiger charge is -2.20. The Morgan fingerprint density at radius 1 is 1.29 bits per heavy atom. The van der Waals surface area contributed by atoms with Crippen molar-refractivity contribution in [2.75, 3.05) is 0 Å². The van der Waals surface area contributed by atoms with E-state index in [1.165, 1.54) is 17.2 Å². The minimum absolute atomic E-state index is 0.103. The van der Waals surface area contributed by atoms with Crippen molar-refractivity contribution in [2.24, 2.45) is 0 Å². The van der Waals surface area contributed by atoms with Crippen molar-refractivity contribution < 1.29 is 9.90 Å². The quantitative estimate of drug-likeness (QED) is 0.751. The molecule has 2 rings (SSSR count). The van der Waals surface area contributed by atoms with Crippen LogP contribution >= 0.6 is 0 Å². The molecule has 0 atom stereocenters. The van der Waals surface area contributed by atoms with Gasteiger partial charge in [0.2, 0.25) is 0 Å². The molecule has 0 unspecified atom stereocenters. The topological polar surface area (TPSA) is 37.3 Å². The number of carbonyl (C=O) groups is 1. The number of fused-ring (bicyclic) bond motifs is 1. The van der Waals surface area contributed by atoms with E-state index in [1.54, 1.807) is 0 Å². The third-order valence-electron chi connectivity index (χ3n) is 3.28. The normalized spacial score (nSPS) is 17.2. The number of aliphatic carboxylic acids is 1. The van der Waals surface area contributed by atoms with Gasteiger partial charge in [0, 0.05) is 6.08 Å². The SMILES string of the molecule is CC(C)(C)c1ccc2c(c1)/C(=C\C(=O)O)CC2. The average Bonchev–Trinajstić information content (AvgIpc) is 2.59. The van der Waals surface area contributed by atoms with Gasteiger partial charge in [-0.25, -0.2) is 4.79 Å². The molecular weight excluding hydrogens is 212 g/mol. The van der Waals surface area contributed by atoms with Crippen LogP contribution in [0.15, 0.2) is 24.3 Å². The monoisotopic (exact) mass is 230 g/mol. The highest BCUT2D eigenvalue weighted by atomic mass is 16.4. The standard InChI is InChI=1S/C15H18O2/c1-15(2,3)12-7-6-10-4-5-11(8-14(16)17)13(10)9-12/h6-9H,4-5H2,1-3H3,(H,16,17)/b11-8-. The summed E-state index contributed by atoms with van der Waals surface area (Å²) in [6.45, 7) is 6.51. The van der Waals surface area contributed by atoms with E-state index >= 15 is 0 Å². The molecule has 17 heavy (non-hydrogen) atoms. The van der Waals surface area contributed by atoms with Crippen molar-refractivity contribution in [3.63, 3.8) is 0 Å². The van der Waals surface area contributed by atoms with Gasteiger partial charge in [-0.1, -0.05) is 39.0 Å². The molecule has 0 aromatic heterocycles. The van der Waals surface area contributed by atoms with Crippen molar-refractivity contribution in [3.8, 4) is 0 Å². The summed E-state index contributed by atoms with van der Waals surface area (Å²) in [6, 6.07) is 6.44. The fourth-order valence-electron chi connectivity index (χ4n) is 2.26. The minimum Gasteiger partial charge on any atom is -0.478 e. The summed E-state index contributed by atoms with van der Waals surface area (Å²) >= 11 is 0. The van der Waals surface area contributed by atoms with Crippen LogP contribution in [0.5, 0.6) is 0 Å². The summed E-state index contributed by atoms with van der Waals surface area (Å²) in [7, 11) is 0. The number of hydrogen-bond acceptors (Lipinski definition) is 1. The van der Waals surface area contributed by atoms with Gasteiger partial charge in [-0.2, -0.15) is 0 Å². The lowest BCUT2D eigenvalue weighted by Crippen LogP contribution is -2.11. The molecule has 0 amide bonds. The Kier molecular flexibility index (Phi) is 2.82. The van der Waals surface area contributed by atoms with E-state index in [0.29, 0.717) is 0 Å². The van der Waals surface area contributed by atoms with Gasteiger partial charge >= 0.3 is 5.97 Å². The molecule has 90 valence electrons. The molecule has 1 aromatic rings. The van der Waals surface area contributed by atoms with Gasteiger partial charge in [0.1, 0.15) is 0 Å². The molecule has 0 radical (unpaired) electrons. The summed E-state index contributed by atoms with van der Waals surface area (Å²) in [4.78, 5) is 10.8. The first-order chi connectivity index (χ1) is 7.88. The molecule has 0 spiro atoms. The summed E-state index contributed by atoms with van der Waals surface area (Å²) in [6.07, 6.45) is 3.15. The Morgan fingerprint density at radius 2 is 2.00 bits per heavy atom. The summed E-state index contributed by atoms with van der Waals surface area (Å²) < 4.78 is 0. The Morgan fingerprint density at radius 3 is 2.59 bits per heavy atom. The summed E-state index contributed by atoms with van der Waals surface area (Å²) in [5, 5.41) is 8.85. The van der Waals surface area contributed by atoms with E-state index in [0.717, 1.165) is 24.0 Å². The summed E-state index contributed by atoms with van der Waals surface area (Å²) in [5.41, 5.74) is 4.71. The van der Waals surface area contributed by atoms with Gasteiger partial charge in [-0.3, -0.25) is 0 Å². The maximum absolute atomic E-state index is 10.8. The molecule has 0 heterocycles. The molecule has 0 aliphatic heterocycles. The zero-order valence-corrected chi connectivity index (χ0v) is 10.6. The Labute approximate surface area is 102 Å². The van der Waals surface area contributed by atoms with Gasteiger partial charge in [-0.05, 0) is 40.5 Å². The second-order valence-electron chi connectivity index (χ2n) is 5.63. The molecule has 1 aromatic carbocycles. The Hall–Kier alpha value is -1.57. The number of benzene rings is 1. The van der Waals surface area contributed by atoms with Crippen molar-refractivity contribution >= 4 is 11.5 Å². The van der Waals surface area contributed by atoms with E-state index in [9.17, 15) is 4.79 Å². The Balaban J connectivity index is 2.48. The second kappa shape index (κ2) is 4.02. The highest BCUT2D eigenvalue weighted by molar-refractivity contribution is 5.91. The minimum atomic E-state index is -0.853. The molecule has 1 aliphatic carbocycles. The van der Waals surface area contributed by atoms with Crippen LogP contribution in [0.4, 0.5) is 0 Å².